The molecule has 5 aromatic rings. The van der Waals surface area contributed by atoms with Crippen molar-refractivity contribution in [2.75, 3.05) is 18.4 Å². The number of urea groups is 1. The van der Waals surface area contributed by atoms with Gasteiger partial charge in [-0.15, -0.1) is 0 Å². The third-order valence-electron chi connectivity index (χ3n) is 6.18. The zero-order valence-corrected chi connectivity index (χ0v) is 18.4. The number of hydrogen-bond donors (Lipinski definition) is 2. The number of carbonyl (C=O) groups excluding carboxylic acids is 1. The molecule has 8 nitrogen and oxygen atoms in total. The van der Waals surface area contributed by atoms with Gasteiger partial charge in [0.25, 0.3) is 0 Å². The maximum Gasteiger partial charge on any atom is 0.321 e. The zero-order chi connectivity index (χ0) is 24.1. The van der Waals surface area contributed by atoms with E-state index in [1.165, 1.54) is 0 Å². The topological polar surface area (TPSA) is 87.7 Å². The van der Waals surface area contributed by atoms with Crippen LogP contribution in [0.4, 0.5) is 19.3 Å². The van der Waals surface area contributed by atoms with Crippen LogP contribution in [0.15, 0.2) is 67.0 Å². The SMILES string of the molecule is O=C(Nc1cccc2nn3ccc(-n4cccc4-c4cc(F)ccc4F)nc3c12)N1CCC(O)C1. The van der Waals surface area contributed by atoms with Crippen molar-refractivity contribution in [2.45, 2.75) is 12.5 Å². The molecule has 1 saturated heterocycles. The number of carbonyl (C=O) groups is 1. The Hall–Kier alpha value is -4.31. The van der Waals surface area contributed by atoms with E-state index >= 15 is 0 Å². The number of aromatic nitrogens is 4. The summed E-state index contributed by atoms with van der Waals surface area (Å²) in [5, 5.41) is 17.9. The molecule has 0 radical (unpaired) electrons. The summed E-state index contributed by atoms with van der Waals surface area (Å²) in [5.41, 5.74) is 2.24. The highest BCUT2D eigenvalue weighted by Crippen LogP contribution is 2.30. The van der Waals surface area contributed by atoms with Gasteiger partial charge in [-0.2, -0.15) is 5.10 Å². The standard InChI is InChI=1S/C25H20F2N6O2/c26-15-6-7-18(27)17(13-15)21-5-2-10-32(21)22-9-12-33-24(29-22)23-19(3-1-4-20(23)30-33)28-25(35)31-11-8-16(34)14-31/h1-7,9-10,12-13,16,34H,8,11,14H2,(H,28,35). The average molecular weight is 474 g/mol. The van der Waals surface area contributed by atoms with Crippen LogP contribution in [-0.2, 0) is 0 Å². The Labute approximate surface area is 198 Å². The Balaban J connectivity index is 1.44. The van der Waals surface area contributed by atoms with Gasteiger partial charge in [0, 0.05) is 31.0 Å². The lowest BCUT2D eigenvalue weighted by Crippen LogP contribution is -2.33. The summed E-state index contributed by atoms with van der Waals surface area (Å²) >= 11 is 0. The molecule has 0 spiro atoms. The third-order valence-corrected chi connectivity index (χ3v) is 6.18. The number of amides is 2. The summed E-state index contributed by atoms with van der Waals surface area (Å²) in [6.07, 6.45) is 3.48. The maximum absolute atomic E-state index is 14.5. The van der Waals surface area contributed by atoms with E-state index in [2.05, 4.69) is 10.4 Å². The molecule has 1 aliphatic rings. The Morgan fingerprint density at radius 2 is 1.97 bits per heavy atom. The molecule has 0 bridgehead atoms. The molecule has 1 fully saturated rings. The van der Waals surface area contributed by atoms with Gasteiger partial charge in [-0.1, -0.05) is 6.07 Å². The van der Waals surface area contributed by atoms with Crippen LogP contribution in [0.1, 0.15) is 6.42 Å². The van der Waals surface area contributed by atoms with Crippen LogP contribution in [0, 0.1) is 11.6 Å². The first-order chi connectivity index (χ1) is 17.0. The molecule has 6 rings (SSSR count). The first-order valence-electron chi connectivity index (χ1n) is 11.1. The van der Waals surface area contributed by atoms with Crippen LogP contribution in [-0.4, -0.2) is 54.4 Å². The van der Waals surface area contributed by atoms with Crippen LogP contribution in [0.25, 0.3) is 33.6 Å². The van der Waals surface area contributed by atoms with E-state index in [4.69, 9.17) is 4.98 Å². The molecule has 4 heterocycles. The number of fused-ring (bicyclic) bond motifs is 3. The third kappa shape index (κ3) is 3.68. The molecule has 1 atom stereocenters. The number of nitrogens with zero attached hydrogens (tertiary/aromatic N) is 5. The van der Waals surface area contributed by atoms with Gasteiger partial charge in [-0.05, 0) is 55.0 Å². The minimum Gasteiger partial charge on any atom is -0.391 e. The maximum atomic E-state index is 14.5. The van der Waals surface area contributed by atoms with Crippen molar-refractivity contribution in [1.82, 2.24) is 24.1 Å². The number of aliphatic hydroxyl groups is 1. The summed E-state index contributed by atoms with van der Waals surface area (Å²) < 4.78 is 31.6. The molecule has 1 unspecified atom stereocenters. The van der Waals surface area contributed by atoms with Gasteiger partial charge in [0.2, 0.25) is 0 Å². The summed E-state index contributed by atoms with van der Waals surface area (Å²) in [6.45, 7) is 0.763. The lowest BCUT2D eigenvalue weighted by molar-refractivity contribution is 0.176. The number of anilines is 1. The second-order valence-corrected chi connectivity index (χ2v) is 8.46. The van der Waals surface area contributed by atoms with E-state index in [9.17, 15) is 18.7 Å². The molecule has 1 aliphatic heterocycles. The van der Waals surface area contributed by atoms with E-state index in [1.54, 1.807) is 56.7 Å². The van der Waals surface area contributed by atoms with Crippen molar-refractivity contribution >= 4 is 28.3 Å². The summed E-state index contributed by atoms with van der Waals surface area (Å²) in [5.74, 6) is -0.601. The molecule has 0 aliphatic carbocycles. The molecular weight excluding hydrogens is 454 g/mol. The van der Waals surface area contributed by atoms with Crippen molar-refractivity contribution < 1.29 is 18.7 Å². The number of benzene rings is 2. The smallest absolute Gasteiger partial charge is 0.321 e. The van der Waals surface area contributed by atoms with Crippen molar-refractivity contribution in [2.24, 2.45) is 0 Å². The van der Waals surface area contributed by atoms with E-state index in [0.29, 0.717) is 46.7 Å². The number of likely N-dealkylation sites (tertiary alicyclic amines) is 1. The number of β-amino-alcohol motifs (C(OH)–C–C–N with tert-alkyl or cyclic N) is 1. The highest BCUT2D eigenvalue weighted by atomic mass is 19.1. The average Bonchev–Trinajstić information content (AvgIpc) is 3.58. The molecule has 35 heavy (non-hydrogen) atoms. The fourth-order valence-electron chi connectivity index (χ4n) is 4.48. The molecule has 2 N–H and O–H groups in total. The first kappa shape index (κ1) is 21.2. The second kappa shape index (κ2) is 8.17. The summed E-state index contributed by atoms with van der Waals surface area (Å²) in [6, 6.07) is 13.5. The van der Waals surface area contributed by atoms with Gasteiger partial charge < -0.3 is 19.9 Å². The van der Waals surface area contributed by atoms with Gasteiger partial charge in [-0.25, -0.2) is 23.1 Å². The number of aliphatic hydroxyl groups excluding tert-OH is 1. The Kier molecular flexibility index (Phi) is 4.96. The second-order valence-electron chi connectivity index (χ2n) is 8.46. The van der Waals surface area contributed by atoms with E-state index in [-0.39, 0.29) is 18.1 Å². The van der Waals surface area contributed by atoms with Crippen molar-refractivity contribution in [3.05, 3.63) is 78.6 Å². The fraction of sp³-hybridized carbons (Fsp3) is 0.160. The molecule has 176 valence electrons. The highest BCUT2D eigenvalue weighted by molar-refractivity contribution is 6.07. The molecule has 3 aromatic heterocycles. The lowest BCUT2D eigenvalue weighted by Gasteiger charge is -2.16. The molecule has 2 amide bonds. The van der Waals surface area contributed by atoms with Gasteiger partial charge in [-0.3, -0.25) is 0 Å². The molecule has 10 heteroatoms. The predicted molar refractivity (Wildman–Crippen MR) is 126 cm³/mol. The summed E-state index contributed by atoms with van der Waals surface area (Å²) in [7, 11) is 0. The van der Waals surface area contributed by atoms with Gasteiger partial charge >= 0.3 is 6.03 Å². The highest BCUT2D eigenvalue weighted by Gasteiger charge is 2.25. The van der Waals surface area contributed by atoms with Crippen LogP contribution in [0.5, 0.6) is 0 Å². The first-order valence-corrected chi connectivity index (χ1v) is 11.1. The Morgan fingerprint density at radius 3 is 2.80 bits per heavy atom. The molecular formula is C25H20F2N6O2. The summed E-state index contributed by atoms with van der Waals surface area (Å²) in [4.78, 5) is 19.1. The quantitative estimate of drug-likeness (QED) is 0.410. The van der Waals surface area contributed by atoms with E-state index in [1.807, 2.05) is 6.07 Å². The zero-order valence-electron chi connectivity index (χ0n) is 18.4. The van der Waals surface area contributed by atoms with Crippen LogP contribution < -0.4 is 5.32 Å². The van der Waals surface area contributed by atoms with E-state index < -0.39 is 17.7 Å². The van der Waals surface area contributed by atoms with Crippen LogP contribution in [0.2, 0.25) is 0 Å². The normalized spacial score (nSPS) is 15.9. The fourth-order valence-corrected chi connectivity index (χ4v) is 4.48. The monoisotopic (exact) mass is 474 g/mol. The minimum atomic E-state index is -0.542. The Bertz CT molecular complexity index is 1590. The van der Waals surface area contributed by atoms with Crippen LogP contribution in [0.3, 0.4) is 0 Å². The molecule has 0 saturated carbocycles. The van der Waals surface area contributed by atoms with Crippen molar-refractivity contribution in [1.29, 1.82) is 0 Å². The van der Waals surface area contributed by atoms with Crippen molar-refractivity contribution in [3.63, 3.8) is 0 Å². The number of halogens is 2. The lowest BCUT2D eigenvalue weighted by atomic mass is 10.1. The number of hydrogen-bond acceptors (Lipinski definition) is 4. The number of nitrogens with one attached hydrogen (secondary N) is 1. The van der Waals surface area contributed by atoms with Crippen LogP contribution >= 0.6 is 0 Å². The number of rotatable bonds is 3. The van der Waals surface area contributed by atoms with Gasteiger partial charge in [0.05, 0.1) is 28.4 Å². The van der Waals surface area contributed by atoms with Gasteiger partial charge in [0.1, 0.15) is 17.5 Å². The Morgan fingerprint density at radius 1 is 1.09 bits per heavy atom. The predicted octanol–water partition coefficient (Wildman–Crippen LogP) is 4.22. The van der Waals surface area contributed by atoms with Crippen molar-refractivity contribution in [3.8, 4) is 17.1 Å². The minimum absolute atomic E-state index is 0.121. The van der Waals surface area contributed by atoms with Gasteiger partial charge in [0.15, 0.2) is 5.65 Å². The molecule has 2 aromatic carbocycles. The van der Waals surface area contributed by atoms with E-state index in [0.717, 1.165) is 18.2 Å². The largest absolute Gasteiger partial charge is 0.391 e.